The number of rotatable bonds is 6. The average Bonchev–Trinajstić information content (AvgIpc) is 3.62. The first-order chi connectivity index (χ1) is 30.0. The van der Waals surface area contributed by atoms with E-state index >= 15 is 0 Å². The third kappa shape index (κ3) is 8.23. The van der Waals surface area contributed by atoms with Gasteiger partial charge in [0.25, 0.3) is 0 Å². The number of phenolic OH excluding ortho intramolecular Hbond substituents is 1. The summed E-state index contributed by atoms with van der Waals surface area (Å²) in [6.45, 7) is 26.4. The fourth-order valence-electron chi connectivity index (χ4n) is 8.22. The van der Waals surface area contributed by atoms with Gasteiger partial charge in [0.05, 0.1) is 30.7 Å². The summed E-state index contributed by atoms with van der Waals surface area (Å²) in [5.74, 6) is 0.877. The highest BCUT2D eigenvalue weighted by molar-refractivity contribution is 5.98. The molecule has 0 aliphatic rings. The van der Waals surface area contributed by atoms with Gasteiger partial charge in [-0.15, -0.1) is 0 Å². The van der Waals surface area contributed by atoms with Crippen LogP contribution in [0.3, 0.4) is 0 Å². The van der Waals surface area contributed by atoms with Crippen LogP contribution in [0.4, 0.5) is 0 Å². The fraction of sp³-hybridized carbons (Fsp3) is 0.276. The molecule has 0 amide bonds. The monoisotopic (exact) mass is 817 g/mol. The van der Waals surface area contributed by atoms with Crippen molar-refractivity contribution >= 4 is 11.0 Å². The number of phenols is 1. The molecule has 8 rings (SSSR count). The van der Waals surface area contributed by atoms with Crippen molar-refractivity contribution < 1.29 is 7.85 Å². The second-order valence-corrected chi connectivity index (χ2v) is 20.9. The molecular formula is C58H61N3O. The maximum Gasteiger partial charge on any atom is 0.149 e. The summed E-state index contributed by atoms with van der Waals surface area (Å²) in [6, 6.07) is 44.6. The summed E-state index contributed by atoms with van der Waals surface area (Å²) in [6.07, 6.45) is 1.56. The van der Waals surface area contributed by atoms with Crippen LogP contribution in [0.25, 0.3) is 72.7 Å². The molecule has 0 aliphatic heterocycles. The van der Waals surface area contributed by atoms with Gasteiger partial charge in [-0.2, -0.15) is 0 Å². The van der Waals surface area contributed by atoms with E-state index < -0.39 is 0 Å². The summed E-state index contributed by atoms with van der Waals surface area (Å²) < 4.78 is 20.5. The smallest absolute Gasteiger partial charge is 0.149 e. The van der Waals surface area contributed by atoms with Crippen LogP contribution in [0.1, 0.15) is 108 Å². The summed E-state index contributed by atoms with van der Waals surface area (Å²) >= 11 is 0. The zero-order chi connectivity index (χ0) is 46.1. The predicted molar refractivity (Wildman–Crippen MR) is 263 cm³/mol. The molecule has 2 heterocycles. The van der Waals surface area contributed by atoms with E-state index in [-0.39, 0.29) is 39.5 Å². The number of aromatic hydroxyl groups is 1. The first-order valence-electron chi connectivity index (χ1n) is 22.8. The van der Waals surface area contributed by atoms with Gasteiger partial charge in [-0.3, -0.25) is 9.55 Å². The zero-order valence-electron chi connectivity index (χ0n) is 40.5. The minimum Gasteiger partial charge on any atom is -0.507 e. The van der Waals surface area contributed by atoms with Crippen molar-refractivity contribution in [3.05, 3.63) is 168 Å². The molecule has 0 unspecified atom stereocenters. The molecule has 0 radical (unpaired) electrons. The van der Waals surface area contributed by atoms with Gasteiger partial charge in [0.1, 0.15) is 11.6 Å². The van der Waals surface area contributed by atoms with Crippen molar-refractivity contribution in [1.29, 1.82) is 0 Å². The van der Waals surface area contributed by atoms with Crippen molar-refractivity contribution in [2.24, 2.45) is 0 Å². The van der Waals surface area contributed by atoms with Crippen LogP contribution in [0.15, 0.2) is 146 Å². The molecule has 0 fully saturated rings. The molecule has 8 aromatic rings. The van der Waals surface area contributed by atoms with E-state index in [9.17, 15) is 6.48 Å². The Labute approximate surface area is 372 Å². The molecule has 62 heavy (non-hydrogen) atoms. The second kappa shape index (κ2) is 15.6. The molecule has 0 saturated heterocycles. The maximum absolute atomic E-state index is 12.5. The van der Waals surface area contributed by atoms with Gasteiger partial charge in [0, 0.05) is 28.5 Å². The predicted octanol–water partition coefficient (Wildman–Crippen LogP) is 15.7. The number of nitrogens with zero attached hydrogens (tertiary/aromatic N) is 3. The van der Waals surface area contributed by atoms with Crippen molar-refractivity contribution in [1.82, 2.24) is 14.5 Å². The average molecular weight is 818 g/mol. The van der Waals surface area contributed by atoms with Crippen LogP contribution in [0.5, 0.6) is 5.75 Å². The molecule has 4 heteroatoms. The van der Waals surface area contributed by atoms with Gasteiger partial charge < -0.3 is 5.11 Å². The summed E-state index contributed by atoms with van der Waals surface area (Å²) in [4.78, 5) is 10.4. The Morgan fingerprint density at radius 1 is 0.500 bits per heavy atom. The maximum atomic E-state index is 12.5. The second-order valence-electron chi connectivity index (χ2n) is 20.9. The number of hydrogen-bond donors (Lipinski definition) is 1. The molecule has 314 valence electrons. The third-order valence-electron chi connectivity index (χ3n) is 12.0. The molecule has 0 bridgehead atoms. The van der Waals surface area contributed by atoms with Crippen molar-refractivity contribution in [3.63, 3.8) is 0 Å². The van der Waals surface area contributed by atoms with Gasteiger partial charge in [-0.25, -0.2) is 4.98 Å². The quantitative estimate of drug-likeness (QED) is 0.182. The third-order valence-corrected chi connectivity index (χ3v) is 12.0. The highest BCUT2D eigenvalue weighted by atomic mass is 16.3. The number of fused-ring (bicyclic) bond motifs is 1. The van der Waals surface area contributed by atoms with Gasteiger partial charge in [-0.1, -0.05) is 174 Å². The topological polar surface area (TPSA) is 50.9 Å². The van der Waals surface area contributed by atoms with Gasteiger partial charge in [0.2, 0.25) is 0 Å². The lowest BCUT2D eigenvalue weighted by molar-refractivity contribution is 0.446. The van der Waals surface area contributed by atoms with Crippen molar-refractivity contribution in [3.8, 4) is 67.5 Å². The van der Waals surface area contributed by atoms with Gasteiger partial charge >= 0.3 is 0 Å². The molecule has 1 N–H and O–H groups in total. The molecule has 6 aromatic carbocycles. The molecule has 0 atom stereocenters. The molecule has 2 aromatic heterocycles. The minimum absolute atomic E-state index is 0.0949. The fourth-order valence-corrected chi connectivity index (χ4v) is 8.22. The summed E-state index contributed by atoms with van der Waals surface area (Å²) in [5.41, 5.74) is 13.4. The van der Waals surface area contributed by atoms with E-state index in [4.69, 9.17) is 11.3 Å². The minimum atomic E-state index is -0.348. The van der Waals surface area contributed by atoms with E-state index in [1.165, 1.54) is 5.56 Å². The van der Waals surface area contributed by atoms with E-state index in [1.54, 1.807) is 6.20 Å². The standard InChI is InChI=1S/C58H61N3O/c1-55(2,3)42-26-27-50(46(34-42)38-22-17-14-18-23-38)61-51-25-19-24-45(52(51)60-54(61)47-35-44(57(7,8)9)36-48(53(47)62)58(10,11)12)40-30-41(32-43(31-40)56(4,5)6)49-33-39(28-29-59-49)37-20-15-13-16-21-37/h13-36,62H,1-12H3/i28D,33D. The lowest BCUT2D eigenvalue weighted by atomic mass is 9.79. The number of aromatic nitrogens is 3. The molecular weight excluding hydrogens is 755 g/mol. The van der Waals surface area contributed by atoms with Crippen molar-refractivity contribution in [2.75, 3.05) is 0 Å². The van der Waals surface area contributed by atoms with Crippen LogP contribution in [0, 0.1) is 0 Å². The Morgan fingerprint density at radius 2 is 1.10 bits per heavy atom. The Morgan fingerprint density at radius 3 is 1.73 bits per heavy atom. The van der Waals surface area contributed by atoms with Crippen molar-refractivity contribution in [2.45, 2.75) is 105 Å². The van der Waals surface area contributed by atoms with E-state index in [0.29, 0.717) is 22.6 Å². The Kier molecular flexibility index (Phi) is 10.0. The summed E-state index contributed by atoms with van der Waals surface area (Å²) in [7, 11) is 0. The van der Waals surface area contributed by atoms with Crippen LogP contribution in [0.2, 0.25) is 0 Å². The first-order valence-corrected chi connectivity index (χ1v) is 21.8. The number of hydrogen-bond acceptors (Lipinski definition) is 3. The lowest BCUT2D eigenvalue weighted by Crippen LogP contribution is -2.17. The highest BCUT2D eigenvalue weighted by Crippen LogP contribution is 2.46. The zero-order valence-corrected chi connectivity index (χ0v) is 38.5. The van der Waals surface area contributed by atoms with Crippen LogP contribution >= 0.6 is 0 Å². The lowest BCUT2D eigenvalue weighted by Gasteiger charge is -2.28. The van der Waals surface area contributed by atoms with E-state index in [2.05, 4.69) is 179 Å². The molecule has 4 nitrogen and oxygen atoms in total. The SMILES string of the molecule is [2H]c1cnc(-c2cc(-c3cccc4c3nc(-c3cc(C(C)(C)C)cc(C(C)(C)C)c3O)n4-c3ccc(C(C)(C)C)cc3-c3ccccc3)cc(C(C)(C)C)c2)c([2H])c1-c1ccccc1. The van der Waals surface area contributed by atoms with Gasteiger partial charge in [-0.05, 0) is 109 Å². The molecule has 0 aliphatic carbocycles. The normalized spacial score (nSPS) is 13.0. The Bertz CT molecular complexity index is 3050. The first kappa shape index (κ1) is 39.9. The Balaban J connectivity index is 1.48. The Hall–Kier alpha value is -6.26. The van der Waals surface area contributed by atoms with E-state index in [0.717, 1.165) is 66.8 Å². The summed E-state index contributed by atoms with van der Waals surface area (Å²) in [5, 5.41) is 12.5. The highest BCUT2D eigenvalue weighted by Gasteiger charge is 2.30. The van der Waals surface area contributed by atoms with Crippen LogP contribution in [-0.2, 0) is 21.7 Å². The van der Waals surface area contributed by atoms with Crippen LogP contribution < -0.4 is 0 Å². The van der Waals surface area contributed by atoms with E-state index in [1.807, 2.05) is 36.4 Å². The molecule has 0 spiro atoms. The van der Waals surface area contributed by atoms with Gasteiger partial charge in [0.15, 0.2) is 0 Å². The molecule has 0 saturated carbocycles. The van der Waals surface area contributed by atoms with Crippen LogP contribution in [-0.4, -0.2) is 19.6 Å². The number of pyridine rings is 1. The number of imidazole rings is 1. The number of para-hydroxylation sites is 1. The largest absolute Gasteiger partial charge is 0.507 e. The number of benzene rings is 6.